The maximum atomic E-state index is 12.1. The molecule has 20 heavy (non-hydrogen) atoms. The van der Waals surface area contributed by atoms with Gasteiger partial charge in [0.05, 0.1) is 24.4 Å². The van der Waals surface area contributed by atoms with Gasteiger partial charge >= 0.3 is 0 Å². The number of amides is 1. The maximum absolute atomic E-state index is 12.1. The van der Waals surface area contributed by atoms with Crippen molar-refractivity contribution < 1.29 is 4.79 Å². The Bertz CT molecular complexity index is 531. The van der Waals surface area contributed by atoms with Crippen LogP contribution >= 0.6 is 0 Å². The standard InChI is InChI=1S/C12H15N7O/c13-3-7-18(8-4-14)12(20)11-9-19(17-16-11)10-1-5-15-6-2-10/h9-10,15H,1-2,5-8H2. The first kappa shape index (κ1) is 14.0. The molecule has 0 atom stereocenters. The minimum atomic E-state index is -0.437. The molecule has 1 aromatic heterocycles. The van der Waals surface area contributed by atoms with Gasteiger partial charge in [0.2, 0.25) is 0 Å². The second-order valence-corrected chi connectivity index (χ2v) is 4.54. The van der Waals surface area contributed by atoms with Crippen LogP contribution in [-0.2, 0) is 0 Å². The molecule has 1 amide bonds. The van der Waals surface area contributed by atoms with Gasteiger partial charge in [0.25, 0.3) is 5.91 Å². The Kier molecular flexibility index (Phi) is 4.64. The molecule has 1 aliphatic rings. The molecule has 0 saturated carbocycles. The third-order valence-corrected chi connectivity index (χ3v) is 3.22. The van der Waals surface area contributed by atoms with Crippen molar-refractivity contribution in [3.8, 4) is 12.1 Å². The molecule has 0 aromatic carbocycles. The molecule has 0 spiro atoms. The van der Waals surface area contributed by atoms with Crippen molar-refractivity contribution in [2.45, 2.75) is 18.9 Å². The Morgan fingerprint density at radius 3 is 2.65 bits per heavy atom. The molecule has 1 aliphatic heterocycles. The third kappa shape index (κ3) is 3.11. The van der Waals surface area contributed by atoms with Crippen LogP contribution < -0.4 is 5.32 Å². The lowest BCUT2D eigenvalue weighted by Gasteiger charge is -2.22. The fourth-order valence-electron chi connectivity index (χ4n) is 2.16. The fourth-order valence-corrected chi connectivity index (χ4v) is 2.16. The van der Waals surface area contributed by atoms with Crippen molar-refractivity contribution in [3.05, 3.63) is 11.9 Å². The fraction of sp³-hybridized carbons (Fsp3) is 0.583. The zero-order valence-electron chi connectivity index (χ0n) is 11.0. The van der Waals surface area contributed by atoms with E-state index in [-0.39, 0.29) is 24.8 Å². The molecule has 1 saturated heterocycles. The van der Waals surface area contributed by atoms with Gasteiger partial charge in [-0.3, -0.25) is 4.79 Å². The van der Waals surface area contributed by atoms with Crippen molar-refractivity contribution in [2.24, 2.45) is 0 Å². The average Bonchev–Trinajstić information content (AvgIpc) is 2.97. The van der Waals surface area contributed by atoms with E-state index in [2.05, 4.69) is 15.6 Å². The van der Waals surface area contributed by atoms with E-state index in [0.717, 1.165) is 30.8 Å². The number of hydrogen-bond acceptors (Lipinski definition) is 6. The molecule has 0 unspecified atom stereocenters. The zero-order chi connectivity index (χ0) is 14.4. The van der Waals surface area contributed by atoms with E-state index < -0.39 is 5.91 Å². The van der Waals surface area contributed by atoms with E-state index in [1.165, 1.54) is 0 Å². The van der Waals surface area contributed by atoms with Crippen LogP contribution in [0.3, 0.4) is 0 Å². The number of carbonyl (C=O) groups is 1. The molecule has 8 heteroatoms. The molecule has 1 N–H and O–H groups in total. The van der Waals surface area contributed by atoms with Crippen molar-refractivity contribution in [1.29, 1.82) is 10.5 Å². The number of nitriles is 2. The second kappa shape index (κ2) is 6.64. The van der Waals surface area contributed by atoms with Gasteiger partial charge in [-0.25, -0.2) is 4.68 Å². The van der Waals surface area contributed by atoms with Gasteiger partial charge in [-0.05, 0) is 25.9 Å². The summed E-state index contributed by atoms with van der Waals surface area (Å²) in [6.07, 6.45) is 3.48. The van der Waals surface area contributed by atoms with E-state index in [9.17, 15) is 4.79 Å². The van der Waals surface area contributed by atoms with E-state index in [0.29, 0.717) is 0 Å². The second-order valence-electron chi connectivity index (χ2n) is 4.54. The highest BCUT2D eigenvalue weighted by molar-refractivity contribution is 5.92. The number of piperidine rings is 1. The smallest absolute Gasteiger partial charge is 0.277 e. The molecule has 0 bridgehead atoms. The van der Waals surface area contributed by atoms with Crippen molar-refractivity contribution >= 4 is 5.91 Å². The van der Waals surface area contributed by atoms with Gasteiger partial charge in [0.15, 0.2) is 5.69 Å². The first-order valence-electron chi connectivity index (χ1n) is 6.42. The number of carbonyl (C=O) groups excluding carboxylic acids is 1. The summed E-state index contributed by atoms with van der Waals surface area (Å²) < 4.78 is 1.70. The first-order chi connectivity index (χ1) is 9.76. The summed E-state index contributed by atoms with van der Waals surface area (Å²) >= 11 is 0. The topological polar surface area (TPSA) is 111 Å². The lowest BCUT2D eigenvalue weighted by molar-refractivity contribution is 0.0789. The molecule has 104 valence electrons. The van der Waals surface area contributed by atoms with E-state index in [1.54, 1.807) is 10.9 Å². The van der Waals surface area contributed by atoms with Crippen molar-refractivity contribution in [1.82, 2.24) is 25.2 Å². The Balaban J connectivity index is 2.09. The predicted octanol–water partition coefficient (Wildman–Crippen LogP) is -0.308. The summed E-state index contributed by atoms with van der Waals surface area (Å²) in [5.41, 5.74) is 0.175. The van der Waals surface area contributed by atoms with Crippen LogP contribution in [0.5, 0.6) is 0 Å². The van der Waals surface area contributed by atoms with Gasteiger partial charge in [-0.1, -0.05) is 5.21 Å². The van der Waals surface area contributed by atoms with Gasteiger partial charge in [-0.2, -0.15) is 10.5 Å². The summed E-state index contributed by atoms with van der Waals surface area (Å²) in [7, 11) is 0. The normalized spacial score (nSPS) is 15.3. The summed E-state index contributed by atoms with van der Waals surface area (Å²) in [6, 6.07) is 3.97. The Morgan fingerprint density at radius 1 is 1.40 bits per heavy atom. The molecule has 8 nitrogen and oxygen atoms in total. The average molecular weight is 273 g/mol. The minimum Gasteiger partial charge on any atom is -0.317 e. The Morgan fingerprint density at radius 2 is 2.05 bits per heavy atom. The Labute approximate surface area is 116 Å². The number of nitrogens with zero attached hydrogens (tertiary/aromatic N) is 6. The monoisotopic (exact) mass is 273 g/mol. The third-order valence-electron chi connectivity index (χ3n) is 3.22. The minimum absolute atomic E-state index is 0.132. The largest absolute Gasteiger partial charge is 0.317 e. The van der Waals surface area contributed by atoms with Crippen LogP contribution in [0.2, 0.25) is 0 Å². The number of hydrogen-bond donors (Lipinski definition) is 1. The Hall–Kier alpha value is -2.45. The van der Waals surface area contributed by atoms with Crippen LogP contribution in [0, 0.1) is 22.7 Å². The van der Waals surface area contributed by atoms with Crippen LogP contribution in [0.15, 0.2) is 6.20 Å². The lowest BCUT2D eigenvalue weighted by atomic mass is 10.1. The maximum Gasteiger partial charge on any atom is 0.277 e. The molecule has 2 heterocycles. The lowest BCUT2D eigenvalue weighted by Crippen LogP contribution is -2.32. The number of nitrogens with one attached hydrogen (secondary N) is 1. The molecule has 1 fully saturated rings. The molecular formula is C12H15N7O. The highest BCUT2D eigenvalue weighted by Gasteiger charge is 2.21. The van der Waals surface area contributed by atoms with Crippen LogP contribution in [0.1, 0.15) is 29.4 Å². The SMILES string of the molecule is N#CCN(CC#N)C(=O)c1cn(C2CCNCC2)nn1. The van der Waals surface area contributed by atoms with Crippen LogP contribution in [0.25, 0.3) is 0 Å². The van der Waals surface area contributed by atoms with Gasteiger partial charge in [0.1, 0.15) is 13.1 Å². The first-order valence-corrected chi connectivity index (χ1v) is 6.42. The summed E-state index contributed by atoms with van der Waals surface area (Å²) in [5, 5.41) is 28.4. The summed E-state index contributed by atoms with van der Waals surface area (Å²) in [4.78, 5) is 13.3. The van der Waals surface area contributed by atoms with E-state index in [4.69, 9.17) is 10.5 Å². The number of rotatable bonds is 4. The molecule has 0 radical (unpaired) electrons. The van der Waals surface area contributed by atoms with E-state index in [1.807, 2.05) is 12.1 Å². The summed E-state index contributed by atoms with van der Waals surface area (Å²) in [6.45, 7) is 1.57. The highest BCUT2D eigenvalue weighted by atomic mass is 16.2. The van der Waals surface area contributed by atoms with Gasteiger partial charge in [0, 0.05) is 0 Å². The highest BCUT2D eigenvalue weighted by Crippen LogP contribution is 2.17. The van der Waals surface area contributed by atoms with Gasteiger partial charge < -0.3 is 10.2 Å². The molecule has 1 aromatic rings. The van der Waals surface area contributed by atoms with Crippen molar-refractivity contribution in [2.75, 3.05) is 26.2 Å². The molecule has 0 aliphatic carbocycles. The van der Waals surface area contributed by atoms with Crippen LogP contribution in [0.4, 0.5) is 0 Å². The molecule has 2 rings (SSSR count). The predicted molar refractivity (Wildman–Crippen MR) is 68.3 cm³/mol. The van der Waals surface area contributed by atoms with Crippen molar-refractivity contribution in [3.63, 3.8) is 0 Å². The number of aromatic nitrogens is 3. The van der Waals surface area contributed by atoms with E-state index >= 15 is 0 Å². The zero-order valence-corrected chi connectivity index (χ0v) is 11.0. The quantitative estimate of drug-likeness (QED) is 0.753. The molecular weight excluding hydrogens is 258 g/mol. The summed E-state index contributed by atoms with van der Waals surface area (Å²) in [5.74, 6) is -0.437. The van der Waals surface area contributed by atoms with Gasteiger partial charge in [-0.15, -0.1) is 5.10 Å². The van der Waals surface area contributed by atoms with Crippen LogP contribution in [-0.4, -0.2) is 52.0 Å².